The second-order valence-electron chi connectivity index (χ2n) is 10.5. The Morgan fingerprint density at radius 3 is 2.63 bits per heavy atom. The number of anilines is 3. The van der Waals surface area contributed by atoms with Crippen molar-refractivity contribution in [1.82, 2.24) is 10.3 Å². The quantitative estimate of drug-likeness (QED) is 0.226. The van der Waals surface area contributed by atoms with Crippen molar-refractivity contribution in [2.75, 3.05) is 29.6 Å². The first-order valence-corrected chi connectivity index (χ1v) is 14.2. The van der Waals surface area contributed by atoms with Crippen LogP contribution in [0.5, 0.6) is 0 Å². The number of carbonyl (C=O) groups is 3. The molecule has 43 heavy (non-hydrogen) atoms. The van der Waals surface area contributed by atoms with Crippen LogP contribution in [0.2, 0.25) is 0 Å². The zero-order valence-electron chi connectivity index (χ0n) is 24.4. The van der Waals surface area contributed by atoms with E-state index in [0.29, 0.717) is 29.2 Å². The van der Waals surface area contributed by atoms with Crippen LogP contribution in [0.1, 0.15) is 53.2 Å². The van der Waals surface area contributed by atoms with Crippen molar-refractivity contribution in [1.29, 1.82) is 0 Å². The minimum absolute atomic E-state index is 0.0978. The summed E-state index contributed by atoms with van der Waals surface area (Å²) >= 11 is 0. The molecule has 0 saturated heterocycles. The van der Waals surface area contributed by atoms with Crippen LogP contribution in [0.25, 0.3) is 10.8 Å². The van der Waals surface area contributed by atoms with Crippen LogP contribution < -0.4 is 21.7 Å². The second-order valence-corrected chi connectivity index (χ2v) is 10.5. The maximum Gasteiger partial charge on any atom is 0.411 e. The Hall–Kier alpha value is -5.12. The number of nitrogens with zero attached hydrogens (tertiary/aromatic N) is 1. The highest BCUT2D eigenvalue weighted by molar-refractivity contribution is 5.94. The highest BCUT2D eigenvalue weighted by Crippen LogP contribution is 2.30. The average Bonchev–Trinajstić information content (AvgIpc) is 2.96. The van der Waals surface area contributed by atoms with Gasteiger partial charge in [0.05, 0.1) is 25.7 Å². The van der Waals surface area contributed by atoms with Gasteiger partial charge in [-0.05, 0) is 90.4 Å². The molecule has 3 aromatic carbocycles. The van der Waals surface area contributed by atoms with Crippen LogP contribution in [0.3, 0.4) is 0 Å². The number of amides is 2. The number of aromatic nitrogens is 1. The van der Waals surface area contributed by atoms with E-state index in [0.717, 1.165) is 33.0 Å². The first-order chi connectivity index (χ1) is 20.7. The van der Waals surface area contributed by atoms with E-state index in [1.807, 2.05) is 50.2 Å². The summed E-state index contributed by atoms with van der Waals surface area (Å²) in [5.74, 6) is -0.362. The molecule has 2 aliphatic heterocycles. The first-order valence-electron chi connectivity index (χ1n) is 14.2. The van der Waals surface area contributed by atoms with Crippen LogP contribution in [0, 0.1) is 13.8 Å². The molecule has 2 aliphatic rings. The molecule has 1 aromatic heterocycles. The van der Waals surface area contributed by atoms with Crippen molar-refractivity contribution in [2.24, 2.45) is 0 Å². The molecule has 0 fully saturated rings. The number of benzene rings is 3. The number of rotatable bonds is 5. The number of esters is 1. The maximum atomic E-state index is 14.2. The predicted octanol–water partition coefficient (Wildman–Crippen LogP) is 5.50. The van der Waals surface area contributed by atoms with E-state index >= 15 is 0 Å². The lowest BCUT2D eigenvalue weighted by atomic mass is 9.93. The van der Waals surface area contributed by atoms with Crippen LogP contribution in [0.4, 0.5) is 22.0 Å². The third-order valence-electron chi connectivity index (χ3n) is 7.53. The molecule has 5 N–H and O–H groups in total. The van der Waals surface area contributed by atoms with Gasteiger partial charge in [-0.3, -0.25) is 14.9 Å². The molecule has 222 valence electrons. The molecule has 3 heterocycles. The number of hydrogen-bond acceptors (Lipinski definition) is 8. The number of fused-ring (bicyclic) bond motifs is 10. The molecule has 0 saturated carbocycles. The van der Waals surface area contributed by atoms with Gasteiger partial charge in [0.1, 0.15) is 11.9 Å². The Balaban J connectivity index is 1.58. The Morgan fingerprint density at radius 1 is 1.07 bits per heavy atom. The van der Waals surface area contributed by atoms with Crippen molar-refractivity contribution in [2.45, 2.75) is 45.7 Å². The largest absolute Gasteiger partial charge is 0.466 e. The van der Waals surface area contributed by atoms with E-state index in [-0.39, 0.29) is 25.5 Å². The van der Waals surface area contributed by atoms with Gasteiger partial charge in [0.25, 0.3) is 0 Å². The second kappa shape index (κ2) is 12.8. The molecule has 0 aliphatic carbocycles. The lowest BCUT2D eigenvalue weighted by Gasteiger charge is -2.26. The average molecular weight is 582 g/mol. The van der Waals surface area contributed by atoms with Crippen LogP contribution >= 0.6 is 0 Å². The summed E-state index contributed by atoms with van der Waals surface area (Å²) in [6.07, 6.45) is 1.49. The van der Waals surface area contributed by atoms with Gasteiger partial charge in [-0.1, -0.05) is 24.3 Å². The fourth-order valence-corrected chi connectivity index (χ4v) is 5.47. The summed E-state index contributed by atoms with van der Waals surface area (Å²) in [5, 5.41) is 10.9. The van der Waals surface area contributed by atoms with Gasteiger partial charge in [0.2, 0.25) is 5.91 Å². The monoisotopic (exact) mass is 581 g/mol. The number of nitrogen functional groups attached to an aromatic ring is 1. The van der Waals surface area contributed by atoms with Crippen molar-refractivity contribution in [3.8, 4) is 0 Å². The fourth-order valence-electron chi connectivity index (χ4n) is 5.47. The maximum absolute atomic E-state index is 14.2. The van der Waals surface area contributed by atoms with Gasteiger partial charge in [0.15, 0.2) is 0 Å². The Bertz CT molecular complexity index is 1660. The highest BCUT2D eigenvalue weighted by atomic mass is 16.5. The van der Waals surface area contributed by atoms with Gasteiger partial charge < -0.3 is 25.8 Å². The lowest BCUT2D eigenvalue weighted by molar-refractivity contribution is -0.143. The summed E-state index contributed by atoms with van der Waals surface area (Å²) in [4.78, 5) is 43.5. The van der Waals surface area contributed by atoms with Gasteiger partial charge in [-0.15, -0.1) is 0 Å². The smallest absolute Gasteiger partial charge is 0.411 e. The molecule has 0 unspecified atom stereocenters. The number of ether oxygens (including phenoxy) is 2. The van der Waals surface area contributed by atoms with Crippen LogP contribution in [-0.4, -0.2) is 36.2 Å². The van der Waals surface area contributed by atoms with E-state index in [4.69, 9.17) is 15.2 Å². The highest BCUT2D eigenvalue weighted by Gasteiger charge is 2.27. The molecule has 4 bridgehead atoms. The fraction of sp³-hybridized carbons (Fsp3) is 0.273. The number of nitrogens with two attached hydrogens (primary N) is 1. The Kier molecular flexibility index (Phi) is 8.75. The van der Waals surface area contributed by atoms with E-state index in [9.17, 15) is 14.4 Å². The molecule has 2 amide bonds. The van der Waals surface area contributed by atoms with Crippen molar-refractivity contribution in [3.63, 3.8) is 0 Å². The molecule has 2 atom stereocenters. The molecule has 4 aromatic rings. The van der Waals surface area contributed by atoms with Crippen LogP contribution in [-0.2, 0) is 25.5 Å². The lowest BCUT2D eigenvalue weighted by Crippen LogP contribution is -2.37. The van der Waals surface area contributed by atoms with E-state index in [2.05, 4.69) is 20.9 Å². The summed E-state index contributed by atoms with van der Waals surface area (Å²) in [6, 6.07) is 16.9. The molecular formula is C33H35N5O5. The third kappa shape index (κ3) is 6.86. The first kappa shape index (κ1) is 29.4. The van der Waals surface area contributed by atoms with Gasteiger partial charge in [-0.25, -0.2) is 9.78 Å². The number of hydrogen-bond donors (Lipinski definition) is 4. The topological polar surface area (TPSA) is 145 Å². The number of carbonyl (C=O) groups excluding carboxylic acids is 3. The molecule has 10 heteroatoms. The van der Waals surface area contributed by atoms with Crippen LogP contribution in [0.15, 0.2) is 66.9 Å². The number of pyridine rings is 1. The number of aryl methyl sites for hydroxylation is 2. The molecule has 0 radical (unpaired) electrons. The van der Waals surface area contributed by atoms with E-state index in [1.165, 1.54) is 0 Å². The summed E-state index contributed by atoms with van der Waals surface area (Å²) in [6.45, 7) is 6.08. The van der Waals surface area contributed by atoms with Crippen molar-refractivity contribution < 1.29 is 23.9 Å². The van der Waals surface area contributed by atoms with E-state index < -0.39 is 24.1 Å². The standard InChI is InChI=1S/C33H35N5O5/c1-4-42-29(39)18-28-22-6-5-7-24(17-22)37-33(41)43-13-11-26-19(2)14-23(15-20(26)3)30(32(40)38-28)36-25-8-9-27-21(16-25)10-12-35-31(27)34/h5-10,12,14-17,28,30,36H,4,11,13,18H2,1-3H3,(H2,34,35)(H,37,41)(H,38,40)/t28-,30-/m1/s1. The van der Waals surface area contributed by atoms with E-state index in [1.54, 1.807) is 37.4 Å². The van der Waals surface area contributed by atoms with Gasteiger partial charge >= 0.3 is 12.1 Å². The predicted molar refractivity (Wildman–Crippen MR) is 166 cm³/mol. The summed E-state index contributed by atoms with van der Waals surface area (Å²) in [7, 11) is 0. The zero-order valence-corrected chi connectivity index (χ0v) is 24.4. The van der Waals surface area contributed by atoms with Gasteiger partial charge in [-0.2, -0.15) is 0 Å². The number of nitrogens with one attached hydrogen (secondary N) is 3. The molecule has 0 spiro atoms. The minimum Gasteiger partial charge on any atom is -0.466 e. The SMILES string of the molecule is CCOC(=O)C[C@H]1NC(=O)[C@H](Nc2ccc3c(N)nccc3c2)c2cc(C)c(c(C)c2)CCOC(=O)Nc2cccc1c2. The molecule has 6 rings (SSSR count). The molecular weight excluding hydrogens is 546 g/mol. The summed E-state index contributed by atoms with van der Waals surface area (Å²) in [5.41, 5.74) is 11.6. The minimum atomic E-state index is -0.806. The van der Waals surface area contributed by atoms with Crippen molar-refractivity contribution >= 4 is 45.9 Å². The van der Waals surface area contributed by atoms with Crippen molar-refractivity contribution in [3.05, 3.63) is 94.7 Å². The Labute approximate surface area is 250 Å². The Morgan fingerprint density at radius 2 is 1.86 bits per heavy atom. The van der Waals surface area contributed by atoms with Gasteiger partial charge in [0, 0.05) is 29.4 Å². The normalized spacial score (nSPS) is 17.1. The summed E-state index contributed by atoms with van der Waals surface area (Å²) < 4.78 is 10.7. The third-order valence-corrected chi connectivity index (χ3v) is 7.53. The molecule has 10 nitrogen and oxygen atoms in total. The zero-order chi connectivity index (χ0) is 30.5.